The number of carboxylic acids is 1. The summed E-state index contributed by atoms with van der Waals surface area (Å²) < 4.78 is 5.39. The van der Waals surface area contributed by atoms with Gasteiger partial charge < -0.3 is 31.0 Å². The third-order valence-electron chi connectivity index (χ3n) is 3.94. The molecule has 10 nitrogen and oxygen atoms in total. The van der Waals surface area contributed by atoms with Crippen molar-refractivity contribution >= 4 is 11.9 Å². The average molecular weight is 341 g/mol. The zero-order valence-corrected chi connectivity index (χ0v) is 13.3. The second-order valence-corrected chi connectivity index (χ2v) is 5.79. The monoisotopic (exact) mass is 341 g/mol. The van der Waals surface area contributed by atoms with Crippen LogP contribution in [0.15, 0.2) is 4.42 Å². The van der Waals surface area contributed by atoms with E-state index in [1.165, 1.54) is 0 Å². The summed E-state index contributed by atoms with van der Waals surface area (Å²) in [5.74, 6) is -1.12. The van der Waals surface area contributed by atoms with Crippen LogP contribution in [-0.4, -0.2) is 52.0 Å². The molecule has 0 saturated carbocycles. The summed E-state index contributed by atoms with van der Waals surface area (Å²) >= 11 is 0. The SMILES string of the molecule is N[C@@H](CO)c1nnc([C@H](CCC(=O)O)NC(=O)C2CCNCC2)o1. The van der Waals surface area contributed by atoms with Crippen molar-refractivity contribution in [3.8, 4) is 0 Å². The van der Waals surface area contributed by atoms with E-state index in [4.69, 9.17) is 20.4 Å². The molecule has 0 unspecified atom stereocenters. The number of nitrogens with zero attached hydrogens (tertiary/aromatic N) is 2. The summed E-state index contributed by atoms with van der Waals surface area (Å²) in [6.07, 6.45) is 1.42. The van der Waals surface area contributed by atoms with Gasteiger partial charge in [-0.15, -0.1) is 10.2 Å². The van der Waals surface area contributed by atoms with Crippen LogP contribution in [0.25, 0.3) is 0 Å². The minimum Gasteiger partial charge on any atom is -0.481 e. The number of carbonyl (C=O) groups is 2. The Labute approximate surface area is 138 Å². The predicted octanol–water partition coefficient (Wildman–Crippen LogP) is -0.917. The Morgan fingerprint density at radius 2 is 2.00 bits per heavy atom. The van der Waals surface area contributed by atoms with Gasteiger partial charge in [0.25, 0.3) is 0 Å². The number of carbonyl (C=O) groups excluding carboxylic acids is 1. The fourth-order valence-corrected chi connectivity index (χ4v) is 2.51. The first-order chi connectivity index (χ1) is 11.5. The molecule has 1 aliphatic rings. The molecule has 134 valence electrons. The standard InChI is InChI=1S/C14H23N5O5/c15-9(7-20)13-18-19-14(24-13)10(1-2-11(21)22)17-12(23)8-3-5-16-6-4-8/h8-10,16,20H,1-7,15H2,(H,17,23)(H,21,22)/t9-,10-/m0/s1. The number of rotatable bonds is 8. The second kappa shape index (κ2) is 8.71. The topological polar surface area (TPSA) is 164 Å². The Morgan fingerprint density at radius 1 is 1.33 bits per heavy atom. The first-order valence-electron chi connectivity index (χ1n) is 7.94. The number of nitrogens with one attached hydrogen (secondary N) is 2. The number of piperidine rings is 1. The van der Waals surface area contributed by atoms with Gasteiger partial charge in [-0.1, -0.05) is 0 Å². The zero-order valence-electron chi connectivity index (χ0n) is 13.3. The van der Waals surface area contributed by atoms with Crippen molar-refractivity contribution < 1.29 is 24.2 Å². The van der Waals surface area contributed by atoms with Gasteiger partial charge in [0.2, 0.25) is 17.7 Å². The van der Waals surface area contributed by atoms with Crippen LogP contribution in [0, 0.1) is 5.92 Å². The van der Waals surface area contributed by atoms with E-state index in [-0.39, 0.29) is 43.1 Å². The molecule has 6 N–H and O–H groups in total. The molecule has 1 aliphatic heterocycles. The molecule has 2 atom stereocenters. The Kier molecular flexibility index (Phi) is 6.64. The molecule has 10 heteroatoms. The fraction of sp³-hybridized carbons (Fsp3) is 0.714. The molecular formula is C14H23N5O5. The van der Waals surface area contributed by atoms with Crippen LogP contribution in [0.5, 0.6) is 0 Å². The van der Waals surface area contributed by atoms with Crippen LogP contribution in [0.3, 0.4) is 0 Å². The number of hydrogen-bond donors (Lipinski definition) is 5. The highest BCUT2D eigenvalue weighted by molar-refractivity contribution is 5.79. The number of aliphatic hydroxyl groups excluding tert-OH is 1. The molecular weight excluding hydrogens is 318 g/mol. The molecule has 2 rings (SSSR count). The molecule has 0 radical (unpaired) electrons. The number of hydrogen-bond acceptors (Lipinski definition) is 8. The second-order valence-electron chi connectivity index (χ2n) is 5.79. The van der Waals surface area contributed by atoms with Crippen molar-refractivity contribution in [3.63, 3.8) is 0 Å². The first-order valence-corrected chi connectivity index (χ1v) is 7.94. The predicted molar refractivity (Wildman–Crippen MR) is 81.7 cm³/mol. The number of amides is 1. The van der Waals surface area contributed by atoms with Crippen molar-refractivity contribution in [1.29, 1.82) is 0 Å². The molecule has 0 aromatic carbocycles. The van der Waals surface area contributed by atoms with Gasteiger partial charge in [0.05, 0.1) is 6.61 Å². The maximum absolute atomic E-state index is 12.4. The van der Waals surface area contributed by atoms with E-state index >= 15 is 0 Å². The lowest BCUT2D eigenvalue weighted by molar-refractivity contribution is -0.137. The van der Waals surface area contributed by atoms with E-state index in [0.29, 0.717) is 0 Å². The van der Waals surface area contributed by atoms with Crippen LogP contribution in [0.1, 0.15) is 49.5 Å². The van der Waals surface area contributed by atoms with Crippen molar-refractivity contribution in [1.82, 2.24) is 20.8 Å². The summed E-state index contributed by atoms with van der Waals surface area (Å²) in [5.41, 5.74) is 5.61. The van der Waals surface area contributed by atoms with Crippen molar-refractivity contribution in [2.45, 2.75) is 37.8 Å². The third-order valence-corrected chi connectivity index (χ3v) is 3.94. The van der Waals surface area contributed by atoms with Crippen molar-refractivity contribution in [2.24, 2.45) is 11.7 Å². The van der Waals surface area contributed by atoms with E-state index in [1.54, 1.807) is 0 Å². The minimum absolute atomic E-state index is 0.0453. The fourth-order valence-electron chi connectivity index (χ4n) is 2.51. The number of aliphatic carboxylic acids is 1. The van der Waals surface area contributed by atoms with Gasteiger partial charge in [-0.25, -0.2) is 0 Å². The van der Waals surface area contributed by atoms with Gasteiger partial charge >= 0.3 is 5.97 Å². The maximum Gasteiger partial charge on any atom is 0.303 e. The summed E-state index contributed by atoms with van der Waals surface area (Å²) in [4.78, 5) is 23.2. The molecule has 0 spiro atoms. The van der Waals surface area contributed by atoms with E-state index in [1.807, 2.05) is 0 Å². The molecule has 0 bridgehead atoms. The van der Waals surface area contributed by atoms with Gasteiger partial charge in [0.15, 0.2) is 0 Å². The Morgan fingerprint density at radius 3 is 2.62 bits per heavy atom. The highest BCUT2D eigenvalue weighted by Crippen LogP contribution is 2.21. The summed E-state index contributed by atoms with van der Waals surface area (Å²) in [6, 6.07) is -1.51. The lowest BCUT2D eigenvalue weighted by Crippen LogP contribution is -2.39. The van der Waals surface area contributed by atoms with Gasteiger partial charge in [-0.2, -0.15) is 0 Å². The first kappa shape index (κ1) is 18.3. The van der Waals surface area contributed by atoms with E-state index in [2.05, 4.69) is 20.8 Å². The van der Waals surface area contributed by atoms with Gasteiger partial charge in [0.1, 0.15) is 12.1 Å². The van der Waals surface area contributed by atoms with Crippen LogP contribution in [-0.2, 0) is 9.59 Å². The van der Waals surface area contributed by atoms with E-state index < -0.39 is 18.1 Å². The summed E-state index contributed by atoms with van der Waals surface area (Å²) in [7, 11) is 0. The molecule has 0 aliphatic carbocycles. The highest BCUT2D eigenvalue weighted by Gasteiger charge is 2.27. The number of aliphatic hydroxyl groups is 1. The molecule has 1 saturated heterocycles. The molecule has 24 heavy (non-hydrogen) atoms. The Bertz CT molecular complexity index is 558. The minimum atomic E-state index is -0.983. The number of carboxylic acid groups (broad SMARTS) is 1. The lowest BCUT2D eigenvalue weighted by Gasteiger charge is -2.24. The quantitative estimate of drug-likeness (QED) is 0.402. The smallest absolute Gasteiger partial charge is 0.303 e. The molecule has 2 heterocycles. The zero-order chi connectivity index (χ0) is 17.5. The van der Waals surface area contributed by atoms with Gasteiger partial charge in [-0.05, 0) is 32.4 Å². The maximum atomic E-state index is 12.4. The highest BCUT2D eigenvalue weighted by atomic mass is 16.4. The molecule has 1 fully saturated rings. The number of nitrogens with two attached hydrogens (primary N) is 1. The van der Waals surface area contributed by atoms with E-state index in [9.17, 15) is 9.59 Å². The van der Waals surface area contributed by atoms with Crippen molar-refractivity contribution in [2.75, 3.05) is 19.7 Å². The van der Waals surface area contributed by atoms with Crippen LogP contribution >= 0.6 is 0 Å². The van der Waals surface area contributed by atoms with Crippen LogP contribution in [0.2, 0.25) is 0 Å². The van der Waals surface area contributed by atoms with Gasteiger partial charge in [-0.3, -0.25) is 9.59 Å². The Hall–Kier alpha value is -2.04. The molecule has 1 aromatic heterocycles. The average Bonchev–Trinajstić information content (AvgIpc) is 3.08. The molecule has 1 amide bonds. The third kappa shape index (κ3) is 4.98. The van der Waals surface area contributed by atoms with Crippen LogP contribution in [0.4, 0.5) is 0 Å². The van der Waals surface area contributed by atoms with Crippen molar-refractivity contribution in [3.05, 3.63) is 11.8 Å². The summed E-state index contributed by atoms with van der Waals surface area (Å²) in [5, 5.41) is 31.5. The number of aromatic nitrogens is 2. The molecule has 1 aromatic rings. The van der Waals surface area contributed by atoms with Crippen LogP contribution < -0.4 is 16.4 Å². The largest absolute Gasteiger partial charge is 0.481 e. The summed E-state index contributed by atoms with van der Waals surface area (Å²) in [6.45, 7) is 1.19. The van der Waals surface area contributed by atoms with Gasteiger partial charge in [0, 0.05) is 12.3 Å². The van der Waals surface area contributed by atoms with E-state index in [0.717, 1.165) is 25.9 Å². The lowest BCUT2D eigenvalue weighted by atomic mass is 9.96. The Balaban J connectivity index is 2.07. The normalized spacial score (nSPS) is 18.1.